The number of nitrogens with one attached hydrogen (secondary N) is 3. The molecule has 0 spiro atoms. The van der Waals surface area contributed by atoms with E-state index in [1.54, 1.807) is 11.3 Å². The molecular weight excluding hydrogens is 516 g/mol. The van der Waals surface area contributed by atoms with E-state index in [1.165, 1.54) is 18.4 Å². The lowest BCUT2D eigenvalue weighted by Crippen LogP contribution is -2.49. The lowest BCUT2D eigenvalue weighted by Gasteiger charge is -2.31. The number of methoxy groups -OCH3 is 1. The van der Waals surface area contributed by atoms with Crippen LogP contribution in [0.2, 0.25) is 0 Å². The van der Waals surface area contributed by atoms with Crippen molar-refractivity contribution >= 4 is 33.6 Å². The number of amides is 2. The Kier molecular flexibility index (Phi) is 9.82. The van der Waals surface area contributed by atoms with Crippen molar-refractivity contribution < 1.29 is 27.3 Å². The van der Waals surface area contributed by atoms with Gasteiger partial charge in [0.05, 0.1) is 18.8 Å². The Bertz CT molecular complexity index is 1010. The molecule has 3 aliphatic rings. The van der Waals surface area contributed by atoms with E-state index in [1.807, 2.05) is 0 Å². The minimum atomic E-state index is -4.22. The van der Waals surface area contributed by atoms with E-state index in [9.17, 15) is 18.0 Å². The third-order valence-corrected chi connectivity index (χ3v) is 9.95. The number of thiazole rings is 1. The van der Waals surface area contributed by atoms with Gasteiger partial charge < -0.3 is 15.4 Å². The molecule has 2 amide bonds. The number of hydrogen-bond acceptors (Lipinski definition) is 7. The summed E-state index contributed by atoms with van der Waals surface area (Å²) in [4.78, 5) is 31.8. The molecule has 3 aliphatic carbocycles. The van der Waals surface area contributed by atoms with Crippen LogP contribution in [0.3, 0.4) is 0 Å². The summed E-state index contributed by atoms with van der Waals surface area (Å²) in [7, 11) is -2.91. The largest absolute Gasteiger partial charge is 0.453 e. The SMILES string of the molecule is COC(=O)NC(CC1CCCCC1)C(=O)NC(CC1CCC(NS(=O)(=O)O)CC1)c1nc2c(s1)CCC2. The number of carbonyl (C=O) groups excluding carboxylic acids is 2. The summed E-state index contributed by atoms with van der Waals surface area (Å²) in [6.07, 6.45) is 12.3. The van der Waals surface area contributed by atoms with E-state index in [0.29, 0.717) is 31.6 Å². The number of rotatable bonds is 10. The molecule has 37 heavy (non-hydrogen) atoms. The summed E-state index contributed by atoms with van der Waals surface area (Å²) in [6.45, 7) is 0. The molecule has 0 bridgehead atoms. The highest BCUT2D eigenvalue weighted by atomic mass is 32.2. The van der Waals surface area contributed by atoms with Gasteiger partial charge in [0.25, 0.3) is 0 Å². The van der Waals surface area contributed by atoms with Crippen molar-refractivity contribution in [3.8, 4) is 0 Å². The van der Waals surface area contributed by atoms with Crippen LogP contribution in [-0.4, -0.2) is 49.1 Å². The molecule has 4 N–H and O–H groups in total. The maximum atomic E-state index is 13.6. The predicted octanol–water partition coefficient (Wildman–Crippen LogP) is 3.83. The Labute approximate surface area is 223 Å². The van der Waals surface area contributed by atoms with Crippen LogP contribution in [0.4, 0.5) is 4.79 Å². The van der Waals surface area contributed by atoms with Gasteiger partial charge in [0.2, 0.25) is 5.91 Å². The minimum absolute atomic E-state index is 0.210. The Balaban J connectivity index is 1.45. The van der Waals surface area contributed by atoms with Gasteiger partial charge in [-0.3, -0.25) is 9.35 Å². The fourth-order valence-electron chi connectivity index (χ4n) is 6.10. The molecule has 0 aromatic carbocycles. The van der Waals surface area contributed by atoms with Gasteiger partial charge in [-0.2, -0.15) is 13.1 Å². The van der Waals surface area contributed by atoms with E-state index >= 15 is 0 Å². The molecule has 12 heteroatoms. The molecular formula is C25H40N4O6S2. The van der Waals surface area contributed by atoms with E-state index in [2.05, 4.69) is 15.4 Å². The highest BCUT2D eigenvalue weighted by Gasteiger charge is 2.32. The van der Waals surface area contributed by atoms with Crippen molar-refractivity contribution in [1.29, 1.82) is 0 Å². The summed E-state index contributed by atoms with van der Waals surface area (Å²) in [5, 5.41) is 6.89. The molecule has 4 rings (SSSR count). The topological polar surface area (TPSA) is 147 Å². The molecule has 208 valence electrons. The van der Waals surface area contributed by atoms with Crippen LogP contribution in [0.5, 0.6) is 0 Å². The van der Waals surface area contributed by atoms with E-state index in [4.69, 9.17) is 14.3 Å². The highest BCUT2D eigenvalue weighted by molar-refractivity contribution is 7.83. The van der Waals surface area contributed by atoms with Gasteiger partial charge in [-0.1, -0.05) is 32.1 Å². The Morgan fingerprint density at radius 3 is 2.35 bits per heavy atom. The lowest BCUT2D eigenvalue weighted by molar-refractivity contribution is -0.124. The van der Waals surface area contributed by atoms with Gasteiger partial charge in [-0.15, -0.1) is 11.3 Å². The molecule has 2 atom stereocenters. The first-order chi connectivity index (χ1) is 17.7. The normalized spacial score (nSPS) is 24.2. The zero-order valence-electron chi connectivity index (χ0n) is 21.5. The Morgan fingerprint density at radius 1 is 1.00 bits per heavy atom. The van der Waals surface area contributed by atoms with Gasteiger partial charge in [0.15, 0.2) is 0 Å². The van der Waals surface area contributed by atoms with Gasteiger partial charge in [-0.25, -0.2) is 9.78 Å². The molecule has 0 aliphatic heterocycles. The summed E-state index contributed by atoms with van der Waals surface area (Å²) >= 11 is 1.67. The first-order valence-electron chi connectivity index (χ1n) is 13.6. The van der Waals surface area contributed by atoms with Crippen molar-refractivity contribution in [3.05, 3.63) is 15.6 Å². The standard InChI is InChI=1S/C25H40N4O6S2/c1-35-25(31)28-20(14-16-6-3-2-4-7-16)23(30)26-21(24-27-19-8-5-9-22(19)36-24)15-17-10-12-18(13-11-17)29-37(32,33)34/h16-18,20-21,29H,2-15H2,1H3,(H,26,30)(H,28,31)(H,32,33,34). The second kappa shape index (κ2) is 12.9. The van der Waals surface area contributed by atoms with Gasteiger partial charge >= 0.3 is 16.4 Å². The van der Waals surface area contributed by atoms with Crippen molar-refractivity contribution in [1.82, 2.24) is 20.3 Å². The van der Waals surface area contributed by atoms with Gasteiger partial charge in [0.1, 0.15) is 11.0 Å². The molecule has 0 radical (unpaired) electrons. The second-order valence-electron chi connectivity index (χ2n) is 10.8. The number of alkyl carbamates (subject to hydrolysis) is 1. The maximum absolute atomic E-state index is 13.6. The van der Waals surface area contributed by atoms with Crippen LogP contribution in [0, 0.1) is 11.8 Å². The average molecular weight is 557 g/mol. The van der Waals surface area contributed by atoms with Gasteiger partial charge in [0, 0.05) is 10.9 Å². The van der Waals surface area contributed by atoms with Crippen LogP contribution in [0.25, 0.3) is 0 Å². The first-order valence-corrected chi connectivity index (χ1v) is 15.8. The summed E-state index contributed by atoms with van der Waals surface area (Å²) in [6, 6.07) is -1.21. The summed E-state index contributed by atoms with van der Waals surface area (Å²) < 4.78 is 38.6. The number of aryl methyl sites for hydroxylation is 2. The average Bonchev–Trinajstić information content (AvgIpc) is 3.47. The summed E-state index contributed by atoms with van der Waals surface area (Å²) in [5.74, 6) is 0.473. The van der Waals surface area contributed by atoms with E-state index in [0.717, 1.165) is 68.5 Å². The van der Waals surface area contributed by atoms with Crippen LogP contribution in [0.15, 0.2) is 0 Å². The lowest BCUT2D eigenvalue weighted by atomic mass is 9.82. The summed E-state index contributed by atoms with van der Waals surface area (Å²) in [5.41, 5.74) is 1.13. The van der Waals surface area contributed by atoms with E-state index in [-0.39, 0.29) is 23.9 Å². The molecule has 2 saturated carbocycles. The number of ether oxygens (including phenoxy) is 1. The maximum Gasteiger partial charge on any atom is 0.407 e. The first kappa shape index (κ1) is 28.3. The number of nitrogens with zero attached hydrogens (tertiary/aromatic N) is 1. The van der Waals surface area contributed by atoms with Crippen LogP contribution >= 0.6 is 11.3 Å². The fraction of sp³-hybridized carbons (Fsp3) is 0.800. The Morgan fingerprint density at radius 2 is 1.70 bits per heavy atom. The third-order valence-electron chi connectivity index (χ3n) is 8.05. The van der Waals surface area contributed by atoms with Crippen molar-refractivity contribution in [2.75, 3.05) is 7.11 Å². The molecule has 2 fully saturated rings. The van der Waals surface area contributed by atoms with Crippen LogP contribution < -0.4 is 15.4 Å². The van der Waals surface area contributed by atoms with E-state index < -0.39 is 22.4 Å². The molecule has 10 nitrogen and oxygen atoms in total. The molecule has 2 unspecified atom stereocenters. The number of carbonyl (C=O) groups is 2. The molecule has 0 saturated heterocycles. The molecule has 1 heterocycles. The van der Waals surface area contributed by atoms with Gasteiger partial charge in [-0.05, 0) is 69.6 Å². The smallest absolute Gasteiger partial charge is 0.407 e. The molecule has 1 aromatic heterocycles. The quantitative estimate of drug-likeness (QED) is 0.320. The third kappa shape index (κ3) is 8.36. The van der Waals surface area contributed by atoms with Crippen LogP contribution in [-0.2, 0) is 32.7 Å². The predicted molar refractivity (Wildman–Crippen MR) is 141 cm³/mol. The fourth-order valence-corrected chi connectivity index (χ4v) is 7.98. The minimum Gasteiger partial charge on any atom is -0.453 e. The van der Waals surface area contributed by atoms with Crippen molar-refractivity contribution in [2.45, 2.75) is 108 Å². The zero-order valence-corrected chi connectivity index (χ0v) is 23.2. The number of hydrogen-bond donors (Lipinski definition) is 4. The highest BCUT2D eigenvalue weighted by Crippen LogP contribution is 2.37. The second-order valence-corrected chi connectivity index (χ2v) is 13.1. The monoisotopic (exact) mass is 556 g/mol. The number of aromatic nitrogens is 1. The molecule has 1 aromatic rings. The zero-order chi connectivity index (χ0) is 26.4. The number of fused-ring (bicyclic) bond motifs is 1. The van der Waals surface area contributed by atoms with Crippen LogP contribution in [0.1, 0.15) is 98.7 Å². The van der Waals surface area contributed by atoms with Crippen molar-refractivity contribution in [3.63, 3.8) is 0 Å². The Hall–Kier alpha value is -1.76. The van der Waals surface area contributed by atoms with Crippen molar-refractivity contribution in [2.24, 2.45) is 11.8 Å².